The second-order valence-corrected chi connectivity index (χ2v) is 7.48. The standard InChI is InChI=1S/C22H24N4O2/c1-15-6-5-7-16-12-17(21(27)25-20(15)16)14-26(18-8-3-2-4-9-18)22(28)19-13-23-10-11-24-19/h5-7,10-13,18H,2-4,8-9,14H2,1H3,(H,25,27). The van der Waals surface area contributed by atoms with Crippen molar-refractivity contribution in [3.05, 3.63) is 70.0 Å². The molecule has 3 aromatic rings. The number of carbonyl (C=O) groups excluding carboxylic acids is 1. The third kappa shape index (κ3) is 3.67. The molecule has 0 spiro atoms. The lowest BCUT2D eigenvalue weighted by atomic mass is 9.93. The monoisotopic (exact) mass is 376 g/mol. The Morgan fingerprint density at radius 3 is 2.79 bits per heavy atom. The fourth-order valence-electron chi connectivity index (χ4n) is 4.05. The first-order valence-electron chi connectivity index (χ1n) is 9.82. The average molecular weight is 376 g/mol. The zero-order valence-electron chi connectivity index (χ0n) is 16.0. The Labute approximate surface area is 163 Å². The number of benzene rings is 1. The average Bonchev–Trinajstić information content (AvgIpc) is 2.74. The molecular weight excluding hydrogens is 352 g/mol. The summed E-state index contributed by atoms with van der Waals surface area (Å²) in [6.45, 7) is 2.25. The molecule has 0 aliphatic heterocycles. The number of fused-ring (bicyclic) bond motifs is 1. The van der Waals surface area contributed by atoms with Crippen molar-refractivity contribution in [3.63, 3.8) is 0 Å². The predicted molar refractivity (Wildman–Crippen MR) is 108 cm³/mol. The highest BCUT2D eigenvalue weighted by Gasteiger charge is 2.28. The molecule has 1 saturated carbocycles. The highest BCUT2D eigenvalue weighted by atomic mass is 16.2. The Bertz CT molecular complexity index is 1040. The van der Waals surface area contributed by atoms with Crippen molar-refractivity contribution in [2.75, 3.05) is 0 Å². The number of amides is 1. The van der Waals surface area contributed by atoms with Gasteiger partial charge in [-0.05, 0) is 36.8 Å². The van der Waals surface area contributed by atoms with Crippen molar-refractivity contribution >= 4 is 16.8 Å². The summed E-state index contributed by atoms with van der Waals surface area (Å²) in [4.78, 5) is 38.9. The summed E-state index contributed by atoms with van der Waals surface area (Å²) in [5.74, 6) is -0.163. The zero-order valence-corrected chi connectivity index (χ0v) is 16.0. The number of pyridine rings is 1. The second-order valence-electron chi connectivity index (χ2n) is 7.48. The molecular formula is C22H24N4O2. The Kier molecular flexibility index (Phi) is 5.19. The van der Waals surface area contributed by atoms with Gasteiger partial charge in [-0.25, -0.2) is 4.98 Å². The van der Waals surface area contributed by atoms with Crippen LogP contribution < -0.4 is 5.56 Å². The van der Waals surface area contributed by atoms with Gasteiger partial charge < -0.3 is 9.88 Å². The SMILES string of the molecule is Cc1cccc2cc(CN(C(=O)c3cnccn3)C3CCCCC3)c(=O)[nH]c12. The first-order valence-corrected chi connectivity index (χ1v) is 9.82. The van der Waals surface area contributed by atoms with Crippen molar-refractivity contribution in [3.8, 4) is 0 Å². The topological polar surface area (TPSA) is 79.0 Å². The fourth-order valence-corrected chi connectivity index (χ4v) is 4.05. The maximum atomic E-state index is 13.2. The van der Waals surface area contributed by atoms with Crippen molar-refractivity contribution in [1.82, 2.24) is 19.9 Å². The summed E-state index contributed by atoms with van der Waals surface area (Å²) in [6, 6.07) is 7.96. The minimum Gasteiger partial charge on any atom is -0.330 e. The molecule has 0 saturated heterocycles. The fraction of sp³-hybridized carbons (Fsp3) is 0.364. The number of rotatable bonds is 4. The van der Waals surface area contributed by atoms with Crippen LogP contribution in [0.4, 0.5) is 0 Å². The Balaban J connectivity index is 1.71. The minimum absolute atomic E-state index is 0.121. The van der Waals surface area contributed by atoms with Gasteiger partial charge in [0, 0.05) is 24.0 Å². The lowest BCUT2D eigenvalue weighted by Crippen LogP contribution is -2.42. The van der Waals surface area contributed by atoms with E-state index in [9.17, 15) is 9.59 Å². The second kappa shape index (κ2) is 7.92. The van der Waals surface area contributed by atoms with Crippen LogP contribution in [0, 0.1) is 6.92 Å². The summed E-state index contributed by atoms with van der Waals surface area (Å²) in [6.07, 6.45) is 9.87. The molecule has 2 aromatic heterocycles. The number of aromatic nitrogens is 3. The Morgan fingerprint density at radius 1 is 1.21 bits per heavy atom. The molecule has 1 aliphatic rings. The van der Waals surface area contributed by atoms with Gasteiger partial charge in [0.1, 0.15) is 5.69 Å². The van der Waals surface area contributed by atoms with Gasteiger partial charge in [-0.3, -0.25) is 14.6 Å². The number of hydrogen-bond donors (Lipinski definition) is 1. The van der Waals surface area contributed by atoms with Crippen LogP contribution >= 0.6 is 0 Å². The van der Waals surface area contributed by atoms with E-state index < -0.39 is 0 Å². The first kappa shape index (κ1) is 18.3. The van der Waals surface area contributed by atoms with E-state index in [1.54, 1.807) is 6.20 Å². The van der Waals surface area contributed by atoms with E-state index in [4.69, 9.17) is 0 Å². The van der Waals surface area contributed by atoms with E-state index in [-0.39, 0.29) is 24.1 Å². The molecule has 144 valence electrons. The molecule has 1 fully saturated rings. The number of hydrogen-bond acceptors (Lipinski definition) is 4. The van der Waals surface area contributed by atoms with Gasteiger partial charge in [0.25, 0.3) is 11.5 Å². The third-order valence-corrected chi connectivity index (χ3v) is 5.56. The molecule has 0 unspecified atom stereocenters. The lowest BCUT2D eigenvalue weighted by Gasteiger charge is -2.34. The van der Waals surface area contributed by atoms with Gasteiger partial charge in [-0.1, -0.05) is 37.5 Å². The molecule has 1 aromatic carbocycles. The molecule has 0 radical (unpaired) electrons. The molecule has 1 amide bonds. The van der Waals surface area contributed by atoms with E-state index in [1.807, 2.05) is 36.1 Å². The summed E-state index contributed by atoms with van der Waals surface area (Å²) < 4.78 is 0. The molecule has 4 rings (SSSR count). The van der Waals surface area contributed by atoms with Crippen LogP contribution in [0.25, 0.3) is 10.9 Å². The number of carbonyl (C=O) groups is 1. The normalized spacial score (nSPS) is 14.9. The maximum absolute atomic E-state index is 13.2. The number of nitrogens with one attached hydrogen (secondary N) is 1. The zero-order chi connectivity index (χ0) is 19.5. The van der Waals surface area contributed by atoms with Gasteiger partial charge >= 0.3 is 0 Å². The van der Waals surface area contributed by atoms with Crippen LogP contribution in [0.15, 0.2) is 47.7 Å². The summed E-state index contributed by atoms with van der Waals surface area (Å²) in [7, 11) is 0. The van der Waals surface area contributed by atoms with Gasteiger partial charge in [-0.15, -0.1) is 0 Å². The van der Waals surface area contributed by atoms with Crippen molar-refractivity contribution < 1.29 is 4.79 Å². The van der Waals surface area contributed by atoms with E-state index in [1.165, 1.54) is 18.8 Å². The molecule has 6 heteroatoms. The van der Waals surface area contributed by atoms with Crippen LogP contribution in [-0.2, 0) is 6.54 Å². The minimum atomic E-state index is -0.163. The summed E-state index contributed by atoms with van der Waals surface area (Å²) in [5, 5.41) is 0.977. The van der Waals surface area contributed by atoms with Gasteiger partial charge in [-0.2, -0.15) is 0 Å². The summed E-state index contributed by atoms with van der Waals surface area (Å²) >= 11 is 0. The molecule has 2 heterocycles. The molecule has 1 N–H and O–H groups in total. The molecule has 6 nitrogen and oxygen atoms in total. The van der Waals surface area contributed by atoms with Gasteiger partial charge in [0.05, 0.1) is 18.3 Å². The van der Waals surface area contributed by atoms with Crippen LogP contribution in [0.2, 0.25) is 0 Å². The molecule has 1 aliphatic carbocycles. The van der Waals surface area contributed by atoms with E-state index in [2.05, 4.69) is 15.0 Å². The molecule has 0 atom stereocenters. The number of aryl methyl sites for hydroxylation is 1. The molecule has 28 heavy (non-hydrogen) atoms. The largest absolute Gasteiger partial charge is 0.330 e. The van der Waals surface area contributed by atoms with E-state index in [0.29, 0.717) is 11.3 Å². The number of para-hydroxylation sites is 1. The van der Waals surface area contributed by atoms with Crippen molar-refractivity contribution in [1.29, 1.82) is 0 Å². The third-order valence-electron chi connectivity index (χ3n) is 5.56. The first-order chi connectivity index (χ1) is 13.6. The van der Waals surface area contributed by atoms with Gasteiger partial charge in [0.15, 0.2) is 0 Å². The highest BCUT2D eigenvalue weighted by molar-refractivity contribution is 5.92. The number of H-pyrrole nitrogens is 1. The van der Waals surface area contributed by atoms with Crippen LogP contribution in [0.3, 0.4) is 0 Å². The number of nitrogens with zero attached hydrogens (tertiary/aromatic N) is 3. The maximum Gasteiger partial charge on any atom is 0.274 e. The Hall–Kier alpha value is -3.02. The number of aromatic amines is 1. The Morgan fingerprint density at radius 2 is 2.04 bits per heavy atom. The van der Waals surface area contributed by atoms with Crippen LogP contribution in [-0.4, -0.2) is 31.8 Å². The van der Waals surface area contributed by atoms with Gasteiger partial charge in [0.2, 0.25) is 0 Å². The highest BCUT2D eigenvalue weighted by Crippen LogP contribution is 2.25. The van der Waals surface area contributed by atoms with Crippen LogP contribution in [0.5, 0.6) is 0 Å². The summed E-state index contributed by atoms with van der Waals surface area (Å²) in [5.41, 5.74) is 2.65. The molecule has 0 bridgehead atoms. The van der Waals surface area contributed by atoms with E-state index >= 15 is 0 Å². The predicted octanol–water partition coefficient (Wildman–Crippen LogP) is 3.60. The van der Waals surface area contributed by atoms with Crippen molar-refractivity contribution in [2.45, 2.75) is 51.6 Å². The quantitative estimate of drug-likeness (QED) is 0.754. The van der Waals surface area contributed by atoms with E-state index in [0.717, 1.165) is 42.1 Å². The smallest absolute Gasteiger partial charge is 0.274 e. The lowest BCUT2D eigenvalue weighted by molar-refractivity contribution is 0.0607. The van der Waals surface area contributed by atoms with Crippen molar-refractivity contribution in [2.24, 2.45) is 0 Å². The van der Waals surface area contributed by atoms with Crippen LogP contribution in [0.1, 0.15) is 53.7 Å².